The lowest BCUT2D eigenvalue weighted by Gasteiger charge is -2.20. The third kappa shape index (κ3) is 3.24. The Hall–Kier alpha value is -0.140. The lowest BCUT2D eigenvalue weighted by molar-refractivity contribution is 0.0721. The first-order chi connectivity index (χ1) is 8.61. The van der Waals surface area contributed by atoms with E-state index in [4.69, 9.17) is 4.74 Å². The van der Waals surface area contributed by atoms with E-state index in [-0.39, 0.29) is 18.1 Å². The zero-order valence-electron chi connectivity index (χ0n) is 10.1. The van der Waals surface area contributed by atoms with Crippen LogP contribution >= 0.6 is 38.5 Å². The zero-order chi connectivity index (χ0) is 13.1. The molecule has 0 spiro atoms. The molecule has 1 amide bonds. The molecule has 5 heteroatoms. The highest BCUT2D eigenvalue weighted by Gasteiger charge is 2.29. The maximum atomic E-state index is 12.2. The van der Waals surface area contributed by atoms with Gasteiger partial charge < -0.3 is 10.1 Å². The predicted octanol–water partition coefficient (Wildman–Crippen LogP) is 3.35. The molecule has 1 fully saturated rings. The summed E-state index contributed by atoms with van der Waals surface area (Å²) in [6.07, 6.45) is 3.27. The number of halogens is 2. The molecule has 98 valence electrons. The topological polar surface area (TPSA) is 38.3 Å². The van der Waals surface area contributed by atoms with Gasteiger partial charge in [0.25, 0.3) is 5.91 Å². The molecule has 0 radical (unpaired) electrons. The maximum Gasteiger partial charge on any atom is 0.252 e. The molecule has 18 heavy (non-hydrogen) atoms. The first-order valence-corrected chi connectivity index (χ1v) is 7.77. The molecule has 0 heterocycles. The number of rotatable bonds is 3. The van der Waals surface area contributed by atoms with Gasteiger partial charge in [0.15, 0.2) is 0 Å². The second kappa shape index (κ2) is 6.34. The van der Waals surface area contributed by atoms with Gasteiger partial charge in [-0.2, -0.15) is 0 Å². The van der Waals surface area contributed by atoms with Crippen LogP contribution in [0.15, 0.2) is 22.7 Å². The van der Waals surface area contributed by atoms with Crippen molar-refractivity contribution in [3.8, 4) is 0 Å². The van der Waals surface area contributed by atoms with Crippen molar-refractivity contribution in [3.63, 3.8) is 0 Å². The molecule has 2 atom stereocenters. The second-order valence-corrected chi connectivity index (χ2v) is 6.51. The molecular weight excluding hydrogens is 409 g/mol. The van der Waals surface area contributed by atoms with Crippen molar-refractivity contribution in [3.05, 3.63) is 31.8 Å². The van der Waals surface area contributed by atoms with Gasteiger partial charge in [-0.05, 0) is 76.0 Å². The number of carbonyl (C=O) groups excluding carboxylic acids is 1. The Morgan fingerprint density at radius 1 is 1.50 bits per heavy atom. The summed E-state index contributed by atoms with van der Waals surface area (Å²) in [5.41, 5.74) is 0.684. The van der Waals surface area contributed by atoms with Crippen LogP contribution in [-0.2, 0) is 4.74 Å². The van der Waals surface area contributed by atoms with E-state index in [1.54, 1.807) is 7.11 Å². The van der Waals surface area contributed by atoms with Crippen LogP contribution in [-0.4, -0.2) is 25.2 Å². The van der Waals surface area contributed by atoms with Crippen LogP contribution in [0.4, 0.5) is 0 Å². The maximum absolute atomic E-state index is 12.2. The first-order valence-electron chi connectivity index (χ1n) is 5.90. The van der Waals surface area contributed by atoms with Crippen molar-refractivity contribution in [2.45, 2.75) is 31.4 Å². The summed E-state index contributed by atoms with van der Waals surface area (Å²) in [5.74, 6) is -0.0330. The average Bonchev–Trinajstić information content (AvgIpc) is 2.79. The van der Waals surface area contributed by atoms with Gasteiger partial charge >= 0.3 is 0 Å². The summed E-state index contributed by atoms with van der Waals surface area (Å²) in [5, 5.41) is 3.07. The highest BCUT2D eigenvalue weighted by atomic mass is 127. The summed E-state index contributed by atoms with van der Waals surface area (Å²) in [7, 11) is 1.70. The standard InChI is InChI=1S/C13H15BrINO2/c1-18-12-4-2-3-11(12)16-13(17)9-7-8(15)5-6-10(9)14/h5-7,11-12H,2-4H2,1H3,(H,16,17). The van der Waals surface area contributed by atoms with Gasteiger partial charge in [0.2, 0.25) is 0 Å². The SMILES string of the molecule is COC1CCCC1NC(=O)c1cc(I)ccc1Br. The number of hydrogen-bond acceptors (Lipinski definition) is 2. The van der Waals surface area contributed by atoms with Crippen LogP contribution in [0.1, 0.15) is 29.6 Å². The third-order valence-electron chi connectivity index (χ3n) is 3.24. The van der Waals surface area contributed by atoms with E-state index in [1.165, 1.54) is 0 Å². The van der Waals surface area contributed by atoms with Crippen LogP contribution in [0.25, 0.3) is 0 Å². The molecule has 1 aliphatic carbocycles. The lowest BCUT2D eigenvalue weighted by Crippen LogP contribution is -2.40. The van der Waals surface area contributed by atoms with Crippen molar-refractivity contribution >= 4 is 44.4 Å². The van der Waals surface area contributed by atoms with Gasteiger partial charge in [-0.15, -0.1) is 0 Å². The Morgan fingerprint density at radius 3 is 3.00 bits per heavy atom. The van der Waals surface area contributed by atoms with Crippen LogP contribution in [0, 0.1) is 3.57 Å². The fraction of sp³-hybridized carbons (Fsp3) is 0.462. The minimum Gasteiger partial charge on any atom is -0.379 e. The number of nitrogens with one attached hydrogen (secondary N) is 1. The first kappa shape index (κ1) is 14.3. The van der Waals surface area contributed by atoms with Gasteiger partial charge in [0.05, 0.1) is 17.7 Å². The minimum absolute atomic E-state index is 0.0330. The molecule has 1 aromatic rings. The number of benzene rings is 1. The van der Waals surface area contributed by atoms with Crippen LogP contribution in [0.2, 0.25) is 0 Å². The van der Waals surface area contributed by atoms with Crippen LogP contribution in [0.5, 0.6) is 0 Å². The van der Waals surface area contributed by atoms with Crippen LogP contribution < -0.4 is 5.32 Å². The third-order valence-corrected chi connectivity index (χ3v) is 4.61. The fourth-order valence-corrected chi connectivity index (χ4v) is 3.21. The molecule has 1 N–H and O–H groups in total. The predicted molar refractivity (Wildman–Crippen MR) is 82.8 cm³/mol. The molecular formula is C13H15BrINO2. The van der Waals surface area contributed by atoms with Crippen molar-refractivity contribution in [1.82, 2.24) is 5.32 Å². The van der Waals surface area contributed by atoms with E-state index < -0.39 is 0 Å². The highest BCUT2D eigenvalue weighted by Crippen LogP contribution is 2.24. The fourth-order valence-electron chi connectivity index (χ4n) is 2.29. The monoisotopic (exact) mass is 423 g/mol. The van der Waals surface area contributed by atoms with Crippen molar-refractivity contribution in [1.29, 1.82) is 0 Å². The molecule has 1 saturated carbocycles. The summed E-state index contributed by atoms with van der Waals surface area (Å²) in [6.45, 7) is 0. The van der Waals surface area contributed by atoms with Gasteiger partial charge in [0, 0.05) is 15.2 Å². The second-order valence-electron chi connectivity index (χ2n) is 4.41. The van der Waals surface area contributed by atoms with E-state index >= 15 is 0 Å². The molecule has 0 bridgehead atoms. The Morgan fingerprint density at radius 2 is 2.28 bits per heavy atom. The lowest BCUT2D eigenvalue weighted by atomic mass is 10.1. The Bertz CT molecular complexity index is 453. The summed E-state index contributed by atoms with van der Waals surface area (Å²) < 4.78 is 7.26. The number of methoxy groups -OCH3 is 1. The molecule has 3 nitrogen and oxygen atoms in total. The summed E-state index contributed by atoms with van der Waals surface area (Å²) in [4.78, 5) is 12.2. The van der Waals surface area contributed by atoms with Crippen molar-refractivity contribution < 1.29 is 9.53 Å². The molecule has 0 aliphatic heterocycles. The van der Waals surface area contributed by atoms with E-state index in [0.717, 1.165) is 27.3 Å². The van der Waals surface area contributed by atoms with Crippen molar-refractivity contribution in [2.24, 2.45) is 0 Å². The Labute approximate surface area is 129 Å². The Balaban J connectivity index is 2.09. The van der Waals surface area contributed by atoms with E-state index in [1.807, 2.05) is 18.2 Å². The van der Waals surface area contributed by atoms with E-state index in [0.29, 0.717) is 5.56 Å². The van der Waals surface area contributed by atoms with Crippen molar-refractivity contribution in [2.75, 3.05) is 7.11 Å². The molecule has 1 aromatic carbocycles. The molecule has 1 aliphatic rings. The molecule has 2 rings (SSSR count). The largest absolute Gasteiger partial charge is 0.379 e. The summed E-state index contributed by atoms with van der Waals surface area (Å²) >= 11 is 5.62. The number of carbonyl (C=O) groups is 1. The number of amides is 1. The van der Waals surface area contributed by atoms with E-state index in [2.05, 4.69) is 43.8 Å². The van der Waals surface area contributed by atoms with Gasteiger partial charge in [-0.25, -0.2) is 0 Å². The average molecular weight is 424 g/mol. The van der Waals surface area contributed by atoms with Gasteiger partial charge in [-0.3, -0.25) is 4.79 Å². The zero-order valence-corrected chi connectivity index (χ0v) is 13.8. The Kier molecular flexibility index (Phi) is 5.03. The summed E-state index contributed by atoms with van der Waals surface area (Å²) in [6, 6.07) is 5.89. The number of ether oxygens (including phenoxy) is 1. The molecule has 0 saturated heterocycles. The minimum atomic E-state index is -0.0330. The molecule has 2 unspecified atom stereocenters. The van der Waals surface area contributed by atoms with Gasteiger partial charge in [-0.1, -0.05) is 0 Å². The molecule has 0 aromatic heterocycles. The van der Waals surface area contributed by atoms with E-state index in [9.17, 15) is 4.79 Å². The smallest absolute Gasteiger partial charge is 0.252 e. The normalized spacial score (nSPS) is 23.1. The van der Waals surface area contributed by atoms with Crippen LogP contribution in [0.3, 0.4) is 0 Å². The number of hydrogen-bond donors (Lipinski definition) is 1. The quantitative estimate of drug-likeness (QED) is 0.757. The highest BCUT2D eigenvalue weighted by molar-refractivity contribution is 14.1. The van der Waals surface area contributed by atoms with Gasteiger partial charge in [0.1, 0.15) is 0 Å².